The van der Waals surface area contributed by atoms with E-state index < -0.39 is 0 Å². The summed E-state index contributed by atoms with van der Waals surface area (Å²) < 4.78 is 0. The number of nitrogens with one attached hydrogen (secondary N) is 1. The first kappa shape index (κ1) is 9.02. The van der Waals surface area contributed by atoms with Gasteiger partial charge in [0.05, 0.1) is 17.8 Å². The predicted molar refractivity (Wildman–Crippen MR) is 55.1 cm³/mol. The predicted octanol–water partition coefficient (Wildman–Crippen LogP) is 1.07. The first-order valence-electron chi connectivity index (χ1n) is 4.07. The molecule has 0 atom stereocenters. The van der Waals surface area contributed by atoms with Crippen LogP contribution >= 0.6 is 11.6 Å². The second-order valence-corrected chi connectivity index (χ2v) is 3.38. The molecule has 2 rings (SSSR count). The maximum atomic E-state index is 11.5. The first-order valence-corrected chi connectivity index (χ1v) is 4.45. The highest BCUT2D eigenvalue weighted by atomic mass is 35.5. The van der Waals surface area contributed by atoms with Gasteiger partial charge in [0.25, 0.3) is 5.91 Å². The Morgan fingerprint density at radius 2 is 2.29 bits per heavy atom. The third-order valence-electron chi connectivity index (χ3n) is 1.90. The lowest BCUT2D eigenvalue weighted by molar-refractivity contribution is 0.0961. The highest BCUT2D eigenvalue weighted by molar-refractivity contribution is 6.31. The molecule has 72 valence electrons. The molecular weight excluding hydrogens is 202 g/mol. The van der Waals surface area contributed by atoms with Crippen molar-refractivity contribution in [3.05, 3.63) is 28.8 Å². The quantitative estimate of drug-likeness (QED) is 0.671. The molecule has 0 saturated carbocycles. The highest BCUT2D eigenvalue weighted by Gasteiger charge is 2.15. The maximum Gasteiger partial charge on any atom is 0.253 e. The van der Waals surface area contributed by atoms with Gasteiger partial charge in [0.1, 0.15) is 5.84 Å². The number of nitrogens with two attached hydrogens (primary N) is 1. The number of benzene rings is 1. The zero-order valence-electron chi connectivity index (χ0n) is 7.25. The van der Waals surface area contributed by atoms with Crippen LogP contribution in [0.15, 0.2) is 23.2 Å². The van der Waals surface area contributed by atoms with Gasteiger partial charge in [0.2, 0.25) is 0 Å². The van der Waals surface area contributed by atoms with Crippen LogP contribution in [-0.4, -0.2) is 18.3 Å². The fraction of sp³-hybridized carbons (Fsp3) is 0.111. The van der Waals surface area contributed by atoms with Crippen LogP contribution in [-0.2, 0) is 0 Å². The molecule has 3 N–H and O–H groups in total. The van der Waals surface area contributed by atoms with Gasteiger partial charge >= 0.3 is 0 Å². The molecule has 14 heavy (non-hydrogen) atoms. The van der Waals surface area contributed by atoms with Crippen molar-refractivity contribution in [2.45, 2.75) is 0 Å². The molecule has 1 aromatic rings. The number of hydrogen-bond acceptors (Lipinski definition) is 3. The second-order valence-electron chi connectivity index (χ2n) is 2.95. The summed E-state index contributed by atoms with van der Waals surface area (Å²) in [7, 11) is 0. The lowest BCUT2D eigenvalue weighted by Crippen LogP contribution is -2.31. The third kappa shape index (κ3) is 1.56. The normalized spacial score (nSPS) is 15.2. The molecule has 1 aliphatic heterocycles. The van der Waals surface area contributed by atoms with Crippen LogP contribution in [0.4, 0.5) is 5.69 Å². The number of rotatable bonds is 0. The van der Waals surface area contributed by atoms with Crippen LogP contribution in [0.1, 0.15) is 10.4 Å². The van der Waals surface area contributed by atoms with Crippen LogP contribution in [0.5, 0.6) is 0 Å². The van der Waals surface area contributed by atoms with Crippen molar-refractivity contribution in [3.8, 4) is 0 Å². The highest BCUT2D eigenvalue weighted by Crippen LogP contribution is 2.24. The number of fused-ring (bicyclic) bond motifs is 1. The maximum absolute atomic E-state index is 11.5. The summed E-state index contributed by atoms with van der Waals surface area (Å²) in [6.45, 7) is 0.269. The molecule has 1 heterocycles. The lowest BCUT2D eigenvalue weighted by atomic mass is 10.2. The summed E-state index contributed by atoms with van der Waals surface area (Å²) in [5, 5.41) is 3.13. The van der Waals surface area contributed by atoms with E-state index in [0.717, 1.165) is 0 Å². The molecule has 1 aromatic carbocycles. The molecule has 5 heteroatoms. The number of aliphatic imine (C=N–C) groups is 1. The number of amides is 1. The van der Waals surface area contributed by atoms with Crippen LogP contribution in [0.2, 0.25) is 5.02 Å². The Morgan fingerprint density at radius 3 is 3.07 bits per heavy atom. The summed E-state index contributed by atoms with van der Waals surface area (Å²) in [4.78, 5) is 15.6. The van der Waals surface area contributed by atoms with Crippen LogP contribution in [0.25, 0.3) is 0 Å². The number of halogens is 1. The summed E-state index contributed by atoms with van der Waals surface area (Å²) in [6, 6.07) is 4.93. The second kappa shape index (κ2) is 3.31. The minimum Gasteiger partial charge on any atom is -0.386 e. The van der Waals surface area contributed by atoms with Gasteiger partial charge < -0.3 is 11.1 Å². The molecule has 0 fully saturated rings. The van der Waals surface area contributed by atoms with E-state index in [1.807, 2.05) is 0 Å². The van der Waals surface area contributed by atoms with E-state index in [1.165, 1.54) is 0 Å². The van der Waals surface area contributed by atoms with E-state index in [1.54, 1.807) is 18.2 Å². The number of hydrogen-bond donors (Lipinski definition) is 2. The lowest BCUT2D eigenvalue weighted by Gasteiger charge is -2.01. The Labute approximate surface area is 85.8 Å². The van der Waals surface area contributed by atoms with Gasteiger partial charge in [-0.15, -0.1) is 0 Å². The number of amidine groups is 1. The SMILES string of the molecule is NC1=Nc2ccc(Cl)cc2C(=O)NC1. The van der Waals surface area contributed by atoms with E-state index in [2.05, 4.69) is 10.3 Å². The van der Waals surface area contributed by atoms with Crippen molar-refractivity contribution >= 4 is 29.0 Å². The topological polar surface area (TPSA) is 67.5 Å². The van der Waals surface area contributed by atoms with Crippen LogP contribution in [0.3, 0.4) is 0 Å². The summed E-state index contributed by atoms with van der Waals surface area (Å²) in [5.41, 5.74) is 6.57. The Morgan fingerprint density at radius 1 is 1.50 bits per heavy atom. The van der Waals surface area contributed by atoms with Crippen LogP contribution in [0, 0.1) is 0 Å². The van der Waals surface area contributed by atoms with Gasteiger partial charge in [-0.2, -0.15) is 0 Å². The minimum absolute atomic E-state index is 0.202. The molecule has 0 unspecified atom stereocenters. The molecule has 0 aliphatic carbocycles. The van der Waals surface area contributed by atoms with Crippen molar-refractivity contribution in [1.29, 1.82) is 0 Å². The standard InChI is InChI=1S/C9H8ClN3O/c10-5-1-2-7-6(3-5)9(14)12-4-8(11)13-7/h1-3H,4H2,(H2,11,13)(H,12,14). The van der Waals surface area contributed by atoms with Crippen molar-refractivity contribution in [2.75, 3.05) is 6.54 Å². The third-order valence-corrected chi connectivity index (χ3v) is 2.13. The Balaban J connectivity index is 2.59. The number of carbonyl (C=O) groups is 1. The zero-order valence-corrected chi connectivity index (χ0v) is 8.01. The molecule has 0 saturated heterocycles. The van der Waals surface area contributed by atoms with Gasteiger partial charge in [-0.25, -0.2) is 4.99 Å². The zero-order chi connectivity index (χ0) is 10.1. The molecule has 0 radical (unpaired) electrons. The average molecular weight is 210 g/mol. The molecule has 0 spiro atoms. The molecule has 0 aromatic heterocycles. The largest absolute Gasteiger partial charge is 0.386 e. The molecule has 1 amide bonds. The smallest absolute Gasteiger partial charge is 0.253 e. The monoisotopic (exact) mass is 209 g/mol. The van der Waals surface area contributed by atoms with Crippen molar-refractivity contribution in [1.82, 2.24) is 5.32 Å². The van der Waals surface area contributed by atoms with Gasteiger partial charge in [0, 0.05) is 5.02 Å². The van der Waals surface area contributed by atoms with Gasteiger partial charge in [-0.1, -0.05) is 11.6 Å². The Kier molecular flexibility index (Phi) is 2.13. The fourth-order valence-corrected chi connectivity index (χ4v) is 1.42. The van der Waals surface area contributed by atoms with Gasteiger partial charge in [-0.3, -0.25) is 4.79 Å². The van der Waals surface area contributed by atoms with Gasteiger partial charge in [-0.05, 0) is 18.2 Å². The number of nitrogens with zero attached hydrogens (tertiary/aromatic N) is 1. The average Bonchev–Trinajstić information content (AvgIpc) is 2.29. The van der Waals surface area contributed by atoms with Crippen LogP contribution < -0.4 is 11.1 Å². The number of carbonyl (C=O) groups excluding carboxylic acids is 1. The summed E-state index contributed by atoms with van der Waals surface area (Å²) in [5.74, 6) is 0.186. The van der Waals surface area contributed by atoms with E-state index >= 15 is 0 Å². The Bertz CT molecular complexity index is 428. The Hall–Kier alpha value is -1.55. The van der Waals surface area contributed by atoms with Crippen molar-refractivity contribution in [2.24, 2.45) is 10.7 Å². The molecule has 0 bridgehead atoms. The summed E-state index contributed by atoms with van der Waals surface area (Å²) in [6.07, 6.45) is 0. The van der Waals surface area contributed by atoms with E-state index in [4.69, 9.17) is 17.3 Å². The van der Waals surface area contributed by atoms with Crippen molar-refractivity contribution in [3.63, 3.8) is 0 Å². The van der Waals surface area contributed by atoms with Crippen molar-refractivity contribution < 1.29 is 4.79 Å². The molecule has 4 nitrogen and oxygen atoms in total. The minimum atomic E-state index is -0.202. The van der Waals surface area contributed by atoms with E-state index in [0.29, 0.717) is 22.1 Å². The fourth-order valence-electron chi connectivity index (χ4n) is 1.25. The first-order chi connectivity index (χ1) is 6.66. The van der Waals surface area contributed by atoms with E-state index in [9.17, 15) is 4.79 Å². The molecule has 1 aliphatic rings. The summed E-state index contributed by atoms with van der Waals surface area (Å²) >= 11 is 5.77. The molecular formula is C9H8ClN3O. The van der Waals surface area contributed by atoms with E-state index in [-0.39, 0.29) is 12.5 Å². The van der Waals surface area contributed by atoms with Gasteiger partial charge in [0.15, 0.2) is 0 Å².